The highest BCUT2D eigenvalue weighted by Gasteiger charge is 2.38. The van der Waals surface area contributed by atoms with Crippen molar-refractivity contribution < 1.29 is 14.3 Å². The molecule has 1 unspecified atom stereocenters. The number of halogens is 3. The van der Waals surface area contributed by atoms with Crippen LogP contribution in [0.15, 0.2) is 50.5 Å². The molecule has 136 valence electrons. The second kappa shape index (κ2) is 7.98. The maximum Gasteiger partial charge on any atom is 0.335 e. The van der Waals surface area contributed by atoms with Gasteiger partial charge in [0.25, 0.3) is 0 Å². The number of nitrogens with zero attached hydrogens (tertiary/aromatic N) is 3. The maximum absolute atomic E-state index is 13.6. The zero-order valence-corrected chi connectivity index (χ0v) is 17.6. The second-order valence-electron chi connectivity index (χ2n) is 5.43. The summed E-state index contributed by atoms with van der Waals surface area (Å²) >= 11 is 8.16. The van der Waals surface area contributed by atoms with Crippen LogP contribution in [-0.4, -0.2) is 38.7 Å². The van der Waals surface area contributed by atoms with Gasteiger partial charge in [-0.25, -0.2) is 19.2 Å². The molecule has 5 nitrogen and oxygen atoms in total. The zero-order chi connectivity index (χ0) is 18.8. The molecule has 2 heterocycles. The molecule has 2 aromatic rings. The van der Waals surface area contributed by atoms with Crippen molar-refractivity contribution in [3.63, 3.8) is 0 Å². The Hall–Kier alpha value is -1.58. The summed E-state index contributed by atoms with van der Waals surface area (Å²) in [5, 5.41) is 12.7. The third-order valence-electron chi connectivity index (χ3n) is 3.99. The first-order chi connectivity index (χ1) is 12.5. The number of carboxylic acids is 1. The fourth-order valence-corrected chi connectivity index (χ4v) is 4.55. The number of allylic oxidation sites excluding steroid dienone is 1. The second-order valence-corrected chi connectivity index (χ2v) is 7.74. The van der Waals surface area contributed by atoms with Crippen LogP contribution >= 0.6 is 43.2 Å². The fourth-order valence-electron chi connectivity index (χ4n) is 2.91. The zero-order valence-electron chi connectivity index (χ0n) is 13.6. The number of likely N-dealkylation sites (N-methyl/N-ethyl adjacent to an activating group) is 1. The van der Waals surface area contributed by atoms with Crippen molar-refractivity contribution >= 4 is 55.0 Å². The number of carbonyl (C=O) groups is 1. The molecule has 1 aromatic heterocycles. The molecule has 0 spiro atoms. The van der Waals surface area contributed by atoms with Gasteiger partial charge in [-0.3, -0.25) is 0 Å². The van der Waals surface area contributed by atoms with Gasteiger partial charge in [-0.15, -0.1) is 11.3 Å². The largest absolute Gasteiger partial charge is 0.478 e. The molecule has 0 saturated heterocycles. The van der Waals surface area contributed by atoms with E-state index in [0.717, 1.165) is 0 Å². The molecule has 1 atom stereocenters. The topological polar surface area (TPSA) is 65.8 Å². The maximum atomic E-state index is 13.6. The van der Waals surface area contributed by atoms with Crippen molar-refractivity contribution in [2.24, 2.45) is 4.99 Å². The quantitative estimate of drug-likeness (QED) is 0.606. The lowest BCUT2D eigenvalue weighted by molar-refractivity contribution is -0.133. The summed E-state index contributed by atoms with van der Waals surface area (Å²) < 4.78 is 14.1. The molecule has 0 aliphatic carbocycles. The van der Waals surface area contributed by atoms with Crippen LogP contribution in [0.25, 0.3) is 0 Å². The summed E-state index contributed by atoms with van der Waals surface area (Å²) in [5.74, 6) is -0.834. The van der Waals surface area contributed by atoms with Crippen LogP contribution in [0.3, 0.4) is 0 Å². The van der Waals surface area contributed by atoms with Gasteiger partial charge in [-0.05, 0) is 24.6 Å². The Morgan fingerprint density at radius 3 is 2.77 bits per heavy atom. The number of alkyl halides is 1. The van der Waals surface area contributed by atoms with Gasteiger partial charge < -0.3 is 10.0 Å². The fraction of sp³-hybridized carbons (Fsp3) is 0.235. The molecule has 0 bridgehead atoms. The van der Waals surface area contributed by atoms with Crippen LogP contribution in [0.4, 0.5) is 4.39 Å². The van der Waals surface area contributed by atoms with Crippen molar-refractivity contribution in [2.75, 3.05) is 11.9 Å². The Morgan fingerprint density at radius 1 is 1.46 bits per heavy atom. The Labute approximate surface area is 170 Å². The number of rotatable bonds is 5. The Morgan fingerprint density at radius 2 is 2.23 bits per heavy atom. The summed E-state index contributed by atoms with van der Waals surface area (Å²) in [6.07, 6.45) is 1.68. The van der Waals surface area contributed by atoms with Gasteiger partial charge in [0.15, 0.2) is 10.8 Å². The summed E-state index contributed by atoms with van der Waals surface area (Å²) in [6, 6.07) is 3.66. The smallest absolute Gasteiger partial charge is 0.335 e. The Balaban J connectivity index is 2.26. The van der Waals surface area contributed by atoms with E-state index in [0.29, 0.717) is 33.1 Å². The number of benzene rings is 1. The number of aromatic nitrogens is 1. The van der Waals surface area contributed by atoms with Crippen molar-refractivity contribution in [1.29, 1.82) is 0 Å². The first-order valence-electron chi connectivity index (χ1n) is 7.70. The van der Waals surface area contributed by atoms with Gasteiger partial charge in [-0.1, -0.05) is 37.9 Å². The summed E-state index contributed by atoms with van der Waals surface area (Å²) in [4.78, 5) is 22.8. The highest BCUT2D eigenvalue weighted by molar-refractivity contribution is 9.10. The molecule has 1 aliphatic rings. The van der Waals surface area contributed by atoms with Gasteiger partial charge in [-0.2, -0.15) is 0 Å². The number of thiazole rings is 1. The lowest BCUT2D eigenvalue weighted by Crippen LogP contribution is -2.41. The minimum Gasteiger partial charge on any atom is -0.478 e. The van der Waals surface area contributed by atoms with E-state index >= 15 is 0 Å². The normalized spacial score (nSPS) is 17.5. The third-order valence-corrected chi connectivity index (χ3v) is 5.97. The lowest BCUT2D eigenvalue weighted by atomic mass is 9.93. The number of hydrogen-bond acceptors (Lipinski definition) is 5. The van der Waals surface area contributed by atoms with Crippen LogP contribution in [0, 0.1) is 5.82 Å². The number of hydrogen-bond donors (Lipinski definition) is 1. The Bertz CT molecular complexity index is 899. The van der Waals surface area contributed by atoms with E-state index in [1.807, 2.05) is 17.2 Å². The molecule has 0 amide bonds. The van der Waals surface area contributed by atoms with Gasteiger partial charge in [0, 0.05) is 27.9 Å². The lowest BCUT2D eigenvalue weighted by Gasteiger charge is -2.37. The van der Waals surface area contributed by atoms with Crippen LogP contribution in [0.1, 0.15) is 23.5 Å². The molecule has 0 saturated carbocycles. The van der Waals surface area contributed by atoms with Crippen molar-refractivity contribution in [1.82, 2.24) is 9.88 Å². The molecular formula is C17H14Br2FN3O2S. The van der Waals surface area contributed by atoms with E-state index in [1.165, 1.54) is 23.5 Å². The Kier molecular flexibility index (Phi) is 5.89. The molecule has 1 N–H and O–H groups in total. The van der Waals surface area contributed by atoms with Gasteiger partial charge in [0.1, 0.15) is 5.82 Å². The molecule has 26 heavy (non-hydrogen) atoms. The van der Waals surface area contributed by atoms with E-state index in [4.69, 9.17) is 0 Å². The van der Waals surface area contributed by atoms with E-state index < -0.39 is 17.8 Å². The monoisotopic (exact) mass is 501 g/mol. The number of carboxylic acid groups (broad SMARTS) is 1. The van der Waals surface area contributed by atoms with Gasteiger partial charge in [0.05, 0.1) is 17.3 Å². The SMILES string of the molecule is CCN1C(c2nccs2)=NC(CBr)=C(C(=O)O)C1c1ccc(F)cc1Br. The molecular weight excluding hydrogens is 489 g/mol. The number of aliphatic carboxylic acids is 1. The number of amidine groups is 1. The highest BCUT2D eigenvalue weighted by atomic mass is 79.9. The van der Waals surface area contributed by atoms with E-state index in [-0.39, 0.29) is 10.9 Å². The van der Waals surface area contributed by atoms with Crippen LogP contribution in [0.2, 0.25) is 0 Å². The van der Waals surface area contributed by atoms with Crippen LogP contribution in [-0.2, 0) is 4.79 Å². The summed E-state index contributed by atoms with van der Waals surface area (Å²) in [7, 11) is 0. The predicted octanol–water partition coefficient (Wildman–Crippen LogP) is 4.60. The standard InChI is InChI=1S/C17H14Br2FN3O2S/c1-2-23-14(10-4-3-9(20)7-11(10)19)13(17(24)25)12(8-18)22-15(23)16-21-5-6-26-16/h3-7,14H,2,8H2,1H3,(H,24,25). The van der Waals surface area contributed by atoms with Crippen LogP contribution in [0.5, 0.6) is 0 Å². The molecule has 1 aliphatic heterocycles. The summed E-state index contributed by atoms with van der Waals surface area (Å²) in [5.41, 5.74) is 1.25. The van der Waals surface area contributed by atoms with E-state index in [9.17, 15) is 14.3 Å². The van der Waals surface area contributed by atoms with Gasteiger partial charge in [0.2, 0.25) is 0 Å². The van der Waals surface area contributed by atoms with Crippen molar-refractivity contribution in [2.45, 2.75) is 13.0 Å². The number of aliphatic imine (C=N–C) groups is 1. The first-order valence-corrected chi connectivity index (χ1v) is 10.5. The first kappa shape index (κ1) is 19.2. The van der Waals surface area contributed by atoms with Gasteiger partial charge >= 0.3 is 5.97 Å². The molecule has 0 fully saturated rings. The predicted molar refractivity (Wildman–Crippen MR) is 106 cm³/mol. The van der Waals surface area contributed by atoms with E-state index in [2.05, 4.69) is 41.8 Å². The molecule has 9 heteroatoms. The minimum absolute atomic E-state index is 0.163. The minimum atomic E-state index is -1.05. The third kappa shape index (κ3) is 3.47. The molecule has 3 rings (SSSR count). The van der Waals surface area contributed by atoms with Crippen molar-refractivity contribution in [3.05, 3.63) is 61.9 Å². The van der Waals surface area contributed by atoms with Crippen LogP contribution < -0.4 is 0 Å². The molecule has 1 aromatic carbocycles. The van der Waals surface area contributed by atoms with Crippen molar-refractivity contribution in [3.8, 4) is 0 Å². The average molecular weight is 503 g/mol. The molecule has 0 radical (unpaired) electrons. The summed E-state index contributed by atoms with van der Waals surface area (Å²) in [6.45, 7) is 2.44. The highest BCUT2D eigenvalue weighted by Crippen LogP contribution is 2.40. The van der Waals surface area contributed by atoms with E-state index in [1.54, 1.807) is 12.3 Å². The average Bonchev–Trinajstić information content (AvgIpc) is 3.14.